The molecule has 1 saturated heterocycles. The summed E-state index contributed by atoms with van der Waals surface area (Å²) in [5.74, 6) is 0.0470. The third-order valence-corrected chi connectivity index (χ3v) is 7.91. The fourth-order valence-electron chi connectivity index (χ4n) is 5.42. The first-order chi connectivity index (χ1) is 13.2. The summed E-state index contributed by atoms with van der Waals surface area (Å²) in [5.41, 5.74) is 0.200. The largest absolute Gasteiger partial charge is 0.306 e. The Morgan fingerprint density at radius 1 is 1.36 bits per heavy atom. The number of hydrogen-bond donors (Lipinski definition) is 0. The Labute approximate surface area is 173 Å². The highest BCUT2D eigenvalue weighted by molar-refractivity contribution is 9.10. The Bertz CT molecular complexity index is 900. The van der Waals surface area contributed by atoms with E-state index in [9.17, 15) is 14.4 Å². The van der Waals surface area contributed by atoms with Gasteiger partial charge in [-0.1, -0.05) is 0 Å². The zero-order chi connectivity index (χ0) is 19.9. The molecule has 2 aliphatic heterocycles. The van der Waals surface area contributed by atoms with E-state index in [1.807, 2.05) is 24.8 Å². The third kappa shape index (κ3) is 2.37. The Balaban J connectivity index is 1.40. The predicted octanol–water partition coefficient (Wildman–Crippen LogP) is 3.72. The first-order valence-electron chi connectivity index (χ1n) is 10.0. The van der Waals surface area contributed by atoms with Crippen LogP contribution in [0, 0.1) is 16.7 Å². The molecule has 7 heteroatoms. The number of pyridine rings is 1. The van der Waals surface area contributed by atoms with E-state index in [1.54, 1.807) is 6.20 Å². The van der Waals surface area contributed by atoms with Crippen molar-refractivity contribution in [3.63, 3.8) is 0 Å². The molecular formula is C21H24BrFN4O. The Kier molecular flexibility index (Phi) is 3.81. The Morgan fingerprint density at radius 2 is 2.07 bits per heavy atom. The maximum Gasteiger partial charge on any atom is 0.239 e. The van der Waals surface area contributed by atoms with Gasteiger partial charge in [0.05, 0.1) is 22.9 Å². The maximum absolute atomic E-state index is 14.3. The summed E-state index contributed by atoms with van der Waals surface area (Å²) in [6.45, 7) is 5.13. The van der Waals surface area contributed by atoms with Crippen molar-refractivity contribution in [3.8, 4) is 6.07 Å². The van der Waals surface area contributed by atoms with Crippen molar-refractivity contribution in [2.45, 2.75) is 69.1 Å². The number of fused-ring (bicyclic) bond motifs is 1. The lowest BCUT2D eigenvalue weighted by atomic mass is 9.70. The van der Waals surface area contributed by atoms with Crippen LogP contribution in [0.3, 0.4) is 0 Å². The molecule has 148 valence electrons. The summed E-state index contributed by atoms with van der Waals surface area (Å²) in [7, 11) is 0. The van der Waals surface area contributed by atoms with Crippen LogP contribution in [0.2, 0.25) is 0 Å². The second-order valence-electron chi connectivity index (χ2n) is 9.57. The summed E-state index contributed by atoms with van der Waals surface area (Å²) >= 11 is 3.47. The molecule has 28 heavy (non-hydrogen) atoms. The molecule has 1 aromatic rings. The van der Waals surface area contributed by atoms with E-state index in [4.69, 9.17) is 0 Å². The average molecular weight is 447 g/mol. The highest BCUT2D eigenvalue weighted by atomic mass is 79.9. The fourth-order valence-corrected chi connectivity index (χ4v) is 5.74. The molecule has 1 amide bonds. The molecular weight excluding hydrogens is 423 g/mol. The van der Waals surface area contributed by atoms with E-state index in [0.29, 0.717) is 32.4 Å². The first-order valence-corrected chi connectivity index (χ1v) is 10.8. The molecule has 1 spiro atoms. The maximum atomic E-state index is 14.3. The molecule has 5 nitrogen and oxygen atoms in total. The molecule has 2 saturated carbocycles. The Morgan fingerprint density at radius 3 is 2.71 bits per heavy atom. The minimum absolute atomic E-state index is 0.0120. The number of likely N-dealkylation sites (tertiary alicyclic amines) is 1. The van der Waals surface area contributed by atoms with Gasteiger partial charge in [0.2, 0.25) is 5.91 Å². The van der Waals surface area contributed by atoms with Crippen LogP contribution >= 0.6 is 15.9 Å². The Hall–Kier alpha value is -1.52. The second-order valence-corrected chi connectivity index (χ2v) is 10.5. The number of anilines is 1. The molecule has 1 aromatic heterocycles. The normalized spacial score (nSPS) is 35.4. The number of nitrogens with zero attached hydrogens (tertiary/aromatic N) is 4. The van der Waals surface area contributed by atoms with E-state index in [0.717, 1.165) is 28.7 Å². The van der Waals surface area contributed by atoms with Crippen molar-refractivity contribution in [2.75, 3.05) is 18.0 Å². The van der Waals surface area contributed by atoms with Gasteiger partial charge in [-0.2, -0.15) is 5.26 Å². The molecule has 0 N–H and O–H groups in total. The number of halogens is 2. The quantitative estimate of drug-likeness (QED) is 0.694. The SMILES string of the molecule is CC1(C)C(=O)N(C2CC(C#N)(N3CCC(F)C4(CC4)C3)C2)c2cc(Br)cnc21. The van der Waals surface area contributed by atoms with Crippen molar-refractivity contribution in [1.29, 1.82) is 5.26 Å². The lowest BCUT2D eigenvalue weighted by Crippen LogP contribution is -2.66. The topological polar surface area (TPSA) is 60.2 Å². The summed E-state index contributed by atoms with van der Waals surface area (Å²) < 4.78 is 15.1. The molecule has 0 bridgehead atoms. The molecule has 4 aliphatic rings. The number of aromatic nitrogens is 1. The van der Waals surface area contributed by atoms with Crippen molar-refractivity contribution >= 4 is 27.5 Å². The van der Waals surface area contributed by atoms with Crippen molar-refractivity contribution in [3.05, 3.63) is 22.4 Å². The summed E-state index contributed by atoms with van der Waals surface area (Å²) in [6.07, 6.45) is 4.61. The van der Waals surface area contributed by atoms with Crippen LogP contribution in [0.4, 0.5) is 10.1 Å². The first kappa shape index (κ1) is 18.5. The van der Waals surface area contributed by atoms with Gasteiger partial charge in [0, 0.05) is 48.1 Å². The molecule has 1 unspecified atom stereocenters. The van der Waals surface area contributed by atoms with Gasteiger partial charge in [-0.05, 0) is 55.1 Å². The minimum Gasteiger partial charge on any atom is -0.306 e. The van der Waals surface area contributed by atoms with Gasteiger partial charge >= 0.3 is 0 Å². The number of carbonyl (C=O) groups is 1. The number of amides is 1. The van der Waals surface area contributed by atoms with Gasteiger partial charge in [-0.3, -0.25) is 14.7 Å². The number of hydrogen-bond acceptors (Lipinski definition) is 4. The minimum atomic E-state index is -0.730. The van der Waals surface area contributed by atoms with Gasteiger partial charge < -0.3 is 4.90 Å². The highest BCUT2D eigenvalue weighted by Gasteiger charge is 2.61. The van der Waals surface area contributed by atoms with Gasteiger partial charge in [0.25, 0.3) is 0 Å². The summed E-state index contributed by atoms with van der Waals surface area (Å²) in [4.78, 5) is 21.8. The van der Waals surface area contributed by atoms with E-state index >= 15 is 0 Å². The van der Waals surface area contributed by atoms with Crippen molar-refractivity contribution in [1.82, 2.24) is 9.88 Å². The average Bonchev–Trinajstić information content (AvgIpc) is 3.36. The lowest BCUT2D eigenvalue weighted by Gasteiger charge is -2.54. The lowest BCUT2D eigenvalue weighted by molar-refractivity contribution is -0.123. The van der Waals surface area contributed by atoms with Gasteiger partial charge in [-0.15, -0.1) is 0 Å². The third-order valence-electron chi connectivity index (χ3n) is 7.48. The summed E-state index contributed by atoms with van der Waals surface area (Å²) in [6, 6.07) is 4.47. The van der Waals surface area contributed by atoms with Crippen LogP contribution in [0.15, 0.2) is 16.7 Å². The molecule has 0 aromatic carbocycles. The van der Waals surface area contributed by atoms with Crippen LogP contribution in [-0.2, 0) is 10.2 Å². The van der Waals surface area contributed by atoms with Crippen LogP contribution in [0.25, 0.3) is 0 Å². The summed E-state index contributed by atoms with van der Waals surface area (Å²) in [5, 5.41) is 10.0. The van der Waals surface area contributed by atoms with E-state index in [2.05, 4.69) is 31.9 Å². The zero-order valence-corrected chi connectivity index (χ0v) is 17.8. The molecule has 1 atom stereocenters. The number of rotatable bonds is 2. The fraction of sp³-hybridized carbons (Fsp3) is 0.667. The molecule has 2 aliphatic carbocycles. The number of piperidine rings is 1. The number of alkyl halides is 1. The zero-order valence-electron chi connectivity index (χ0n) is 16.2. The van der Waals surface area contributed by atoms with E-state index < -0.39 is 17.1 Å². The van der Waals surface area contributed by atoms with Crippen molar-refractivity contribution < 1.29 is 9.18 Å². The number of nitriles is 1. The van der Waals surface area contributed by atoms with Gasteiger partial charge in [0.15, 0.2) is 0 Å². The molecule has 0 radical (unpaired) electrons. The highest BCUT2D eigenvalue weighted by Crippen LogP contribution is 2.57. The van der Waals surface area contributed by atoms with Crippen LogP contribution in [-0.4, -0.2) is 46.6 Å². The van der Waals surface area contributed by atoms with Gasteiger partial charge in [-0.25, -0.2) is 4.39 Å². The van der Waals surface area contributed by atoms with E-state index in [-0.39, 0.29) is 17.4 Å². The monoisotopic (exact) mass is 446 g/mol. The van der Waals surface area contributed by atoms with Crippen LogP contribution in [0.1, 0.15) is 51.6 Å². The van der Waals surface area contributed by atoms with Crippen LogP contribution in [0.5, 0.6) is 0 Å². The smallest absolute Gasteiger partial charge is 0.239 e. The van der Waals surface area contributed by atoms with Crippen molar-refractivity contribution in [2.24, 2.45) is 5.41 Å². The number of carbonyl (C=O) groups excluding carboxylic acids is 1. The molecule has 5 rings (SSSR count). The predicted molar refractivity (Wildman–Crippen MR) is 107 cm³/mol. The second kappa shape index (κ2) is 5.76. The molecule has 3 heterocycles. The molecule has 3 fully saturated rings. The van der Waals surface area contributed by atoms with Crippen LogP contribution < -0.4 is 4.90 Å². The van der Waals surface area contributed by atoms with E-state index in [1.165, 1.54) is 0 Å². The standard InChI is InChI=1S/C21H24BrFN4O/c1-19(2)17-15(7-13(22)10-25-17)27(18(19)28)14-8-21(9-14,11-24)26-6-3-16(23)20(12-26)4-5-20/h7,10,14,16H,3-6,8-9,12H2,1-2H3. The van der Waals surface area contributed by atoms with Gasteiger partial charge in [0.1, 0.15) is 11.7 Å².